The Bertz CT molecular complexity index is 1280. The molecule has 1 aliphatic rings. The molecule has 0 unspecified atom stereocenters. The molecule has 2 aromatic carbocycles. The quantitative estimate of drug-likeness (QED) is 0.270. The number of hydrogen-bond acceptors (Lipinski definition) is 11. The van der Waals surface area contributed by atoms with Crippen molar-refractivity contribution in [3.05, 3.63) is 58.1 Å². The van der Waals surface area contributed by atoms with Crippen LogP contribution in [0.5, 0.6) is 11.5 Å². The van der Waals surface area contributed by atoms with Crippen molar-refractivity contribution in [1.82, 2.24) is 0 Å². The molecule has 5 atom stereocenters. The van der Waals surface area contributed by atoms with E-state index in [1.54, 1.807) is 12.1 Å². The molecular formula is C30H35ClO11. The Labute approximate surface area is 249 Å². The summed E-state index contributed by atoms with van der Waals surface area (Å²) in [6.07, 6.45) is -5.57. The summed E-state index contributed by atoms with van der Waals surface area (Å²) in [6.45, 7) is 6.84. The number of rotatable bonds is 11. The molecule has 0 radical (unpaired) electrons. The first-order valence-electron chi connectivity index (χ1n) is 13.3. The zero-order chi connectivity index (χ0) is 31.0. The average Bonchev–Trinajstić information content (AvgIpc) is 2.91. The van der Waals surface area contributed by atoms with E-state index < -0.39 is 54.4 Å². The monoisotopic (exact) mass is 606 g/mol. The van der Waals surface area contributed by atoms with Crippen LogP contribution in [0.25, 0.3) is 0 Å². The van der Waals surface area contributed by atoms with E-state index in [-0.39, 0.29) is 6.61 Å². The fraction of sp³-hybridized carbons (Fsp3) is 0.467. The number of methoxy groups -OCH3 is 1. The Kier molecular flexibility index (Phi) is 11.6. The minimum absolute atomic E-state index is 0.322. The van der Waals surface area contributed by atoms with Gasteiger partial charge in [0.15, 0.2) is 18.3 Å². The molecule has 3 rings (SSSR count). The summed E-state index contributed by atoms with van der Waals surface area (Å²) in [5, 5.41) is 0.362. The molecule has 42 heavy (non-hydrogen) atoms. The first kappa shape index (κ1) is 32.7. The summed E-state index contributed by atoms with van der Waals surface area (Å²) in [5.41, 5.74) is 2.07. The van der Waals surface area contributed by atoms with Crippen LogP contribution in [-0.2, 0) is 49.3 Å². The molecule has 0 saturated carbocycles. The number of carbonyl (C=O) groups is 4. The topological polar surface area (TPSA) is 133 Å². The molecule has 0 N–H and O–H groups in total. The van der Waals surface area contributed by atoms with E-state index in [1.165, 1.54) is 27.9 Å². The highest BCUT2D eigenvalue weighted by molar-refractivity contribution is 6.32. The molecule has 0 bridgehead atoms. The second kappa shape index (κ2) is 14.9. The summed E-state index contributed by atoms with van der Waals surface area (Å²) in [4.78, 5) is 48.1. The molecular weight excluding hydrogens is 572 g/mol. The van der Waals surface area contributed by atoms with Gasteiger partial charge in [0.05, 0.1) is 18.7 Å². The maximum Gasteiger partial charge on any atom is 0.303 e. The van der Waals surface area contributed by atoms with Crippen molar-refractivity contribution >= 4 is 35.5 Å². The van der Waals surface area contributed by atoms with Crippen molar-refractivity contribution < 1.29 is 52.3 Å². The predicted molar refractivity (Wildman–Crippen MR) is 149 cm³/mol. The van der Waals surface area contributed by atoms with Crippen LogP contribution in [0.4, 0.5) is 0 Å². The van der Waals surface area contributed by atoms with Gasteiger partial charge in [0.1, 0.15) is 30.3 Å². The highest BCUT2D eigenvalue weighted by Crippen LogP contribution is 2.41. The van der Waals surface area contributed by atoms with Gasteiger partial charge in [-0.25, -0.2) is 0 Å². The number of hydrogen-bond donors (Lipinski definition) is 0. The van der Waals surface area contributed by atoms with Crippen LogP contribution in [-0.4, -0.2) is 68.6 Å². The molecule has 228 valence electrons. The number of esters is 4. The Balaban J connectivity index is 2.12. The first-order valence-corrected chi connectivity index (χ1v) is 13.7. The van der Waals surface area contributed by atoms with Crippen LogP contribution >= 0.6 is 11.6 Å². The summed E-state index contributed by atoms with van der Waals surface area (Å²) in [7, 11) is 1.46. The van der Waals surface area contributed by atoms with E-state index in [9.17, 15) is 19.2 Å². The first-order chi connectivity index (χ1) is 19.9. The van der Waals surface area contributed by atoms with Crippen LogP contribution < -0.4 is 9.47 Å². The van der Waals surface area contributed by atoms with Gasteiger partial charge in [0.25, 0.3) is 0 Å². The SMILES string of the molecule is CCOc1ccc(Cc2cc([C@@H]3O[C@H](COC(C)=O)[C@@H](OC(C)=O)[C@H](OC(C)=O)[C@H]3OC(C)=O)cc(OC)c2Cl)cc1. The maximum absolute atomic E-state index is 12.3. The normalized spacial score (nSPS) is 21.5. The summed E-state index contributed by atoms with van der Waals surface area (Å²) in [5.74, 6) is -1.67. The lowest BCUT2D eigenvalue weighted by Gasteiger charge is -2.44. The second-order valence-electron chi connectivity index (χ2n) is 9.57. The fourth-order valence-corrected chi connectivity index (χ4v) is 4.96. The highest BCUT2D eigenvalue weighted by atomic mass is 35.5. The summed E-state index contributed by atoms with van der Waals surface area (Å²) in [6, 6.07) is 10.9. The van der Waals surface area contributed by atoms with E-state index in [0.29, 0.717) is 34.9 Å². The fourth-order valence-electron chi connectivity index (χ4n) is 4.71. The molecule has 1 heterocycles. The standard InChI is InChI=1S/C30H35ClO11/c1-7-37-23-10-8-20(9-11-23)12-21-13-22(14-24(36-6)26(21)31)27-29(40-18(4)34)30(41-19(5)35)28(39-17(3)33)25(42-27)15-38-16(2)32/h8-11,13-14,25,27-30H,7,12,15H2,1-6H3/t25-,27+,28-,29+,30+/m1/s1. The van der Waals surface area contributed by atoms with Gasteiger partial charge in [0.2, 0.25) is 0 Å². The average molecular weight is 607 g/mol. The number of carbonyl (C=O) groups excluding carboxylic acids is 4. The van der Waals surface area contributed by atoms with Crippen molar-refractivity contribution in [3.63, 3.8) is 0 Å². The third kappa shape index (κ3) is 8.59. The van der Waals surface area contributed by atoms with Crippen LogP contribution in [0, 0.1) is 0 Å². The van der Waals surface area contributed by atoms with Crippen molar-refractivity contribution in [2.45, 2.75) is 71.6 Å². The Morgan fingerprint density at radius 1 is 0.833 bits per heavy atom. The van der Waals surface area contributed by atoms with Crippen LogP contribution in [0.3, 0.4) is 0 Å². The zero-order valence-electron chi connectivity index (χ0n) is 24.3. The Hall–Kier alpha value is -3.83. The van der Waals surface area contributed by atoms with E-state index in [2.05, 4.69) is 0 Å². The van der Waals surface area contributed by atoms with Crippen molar-refractivity contribution in [3.8, 4) is 11.5 Å². The van der Waals surface area contributed by atoms with Crippen molar-refractivity contribution in [1.29, 1.82) is 0 Å². The maximum atomic E-state index is 12.3. The smallest absolute Gasteiger partial charge is 0.303 e. The largest absolute Gasteiger partial charge is 0.495 e. The van der Waals surface area contributed by atoms with Gasteiger partial charge in [-0.15, -0.1) is 0 Å². The number of halogens is 1. The minimum atomic E-state index is -1.30. The van der Waals surface area contributed by atoms with Gasteiger partial charge in [-0.3, -0.25) is 19.2 Å². The minimum Gasteiger partial charge on any atom is -0.495 e. The third-order valence-electron chi connectivity index (χ3n) is 6.31. The summed E-state index contributed by atoms with van der Waals surface area (Å²) < 4.78 is 39.2. The van der Waals surface area contributed by atoms with E-state index >= 15 is 0 Å². The molecule has 0 aromatic heterocycles. The van der Waals surface area contributed by atoms with E-state index in [0.717, 1.165) is 18.2 Å². The van der Waals surface area contributed by atoms with Gasteiger partial charge in [0, 0.05) is 27.7 Å². The van der Waals surface area contributed by atoms with E-state index in [4.69, 9.17) is 44.8 Å². The lowest BCUT2D eigenvalue weighted by Crippen LogP contribution is -2.59. The molecule has 0 aliphatic carbocycles. The molecule has 1 fully saturated rings. The van der Waals surface area contributed by atoms with Gasteiger partial charge in [-0.05, 0) is 48.2 Å². The molecule has 1 aliphatic heterocycles. The molecule has 1 saturated heterocycles. The molecule has 11 nitrogen and oxygen atoms in total. The Morgan fingerprint density at radius 3 is 1.98 bits per heavy atom. The Morgan fingerprint density at radius 2 is 1.43 bits per heavy atom. The lowest BCUT2D eigenvalue weighted by atomic mass is 9.89. The van der Waals surface area contributed by atoms with Crippen LogP contribution in [0.1, 0.15) is 57.4 Å². The van der Waals surface area contributed by atoms with Crippen LogP contribution in [0.2, 0.25) is 5.02 Å². The van der Waals surface area contributed by atoms with Crippen LogP contribution in [0.15, 0.2) is 36.4 Å². The lowest BCUT2D eigenvalue weighted by molar-refractivity contribution is -0.254. The molecule has 0 spiro atoms. The van der Waals surface area contributed by atoms with Gasteiger partial charge in [-0.2, -0.15) is 0 Å². The molecule has 2 aromatic rings. The number of benzene rings is 2. The number of ether oxygens (including phenoxy) is 7. The highest BCUT2D eigenvalue weighted by Gasteiger charge is 2.52. The van der Waals surface area contributed by atoms with E-state index in [1.807, 2.05) is 31.2 Å². The zero-order valence-corrected chi connectivity index (χ0v) is 25.1. The molecule has 12 heteroatoms. The third-order valence-corrected chi connectivity index (χ3v) is 6.73. The predicted octanol–water partition coefficient (Wildman–Crippen LogP) is 4.14. The van der Waals surface area contributed by atoms with Gasteiger partial charge < -0.3 is 33.2 Å². The van der Waals surface area contributed by atoms with Gasteiger partial charge >= 0.3 is 23.9 Å². The summed E-state index contributed by atoms with van der Waals surface area (Å²) >= 11 is 6.70. The van der Waals surface area contributed by atoms with Crippen molar-refractivity contribution in [2.24, 2.45) is 0 Å². The molecule has 0 amide bonds. The van der Waals surface area contributed by atoms with Gasteiger partial charge in [-0.1, -0.05) is 29.8 Å². The van der Waals surface area contributed by atoms with Crippen molar-refractivity contribution in [2.75, 3.05) is 20.3 Å². The second-order valence-corrected chi connectivity index (χ2v) is 9.95.